The fourth-order valence-corrected chi connectivity index (χ4v) is 1.51. The van der Waals surface area contributed by atoms with E-state index in [9.17, 15) is 0 Å². The van der Waals surface area contributed by atoms with E-state index in [1.54, 1.807) is 0 Å². The molecule has 1 unspecified atom stereocenters. The van der Waals surface area contributed by atoms with Gasteiger partial charge in [0.15, 0.2) is 5.96 Å². The first-order chi connectivity index (χ1) is 7.02. The van der Waals surface area contributed by atoms with Gasteiger partial charge in [0.1, 0.15) is 0 Å². The zero-order valence-electron chi connectivity index (χ0n) is 10.1. The monoisotopic (exact) mass is 339 g/mol. The van der Waals surface area contributed by atoms with Crippen molar-refractivity contribution in [3.8, 4) is 0 Å². The summed E-state index contributed by atoms with van der Waals surface area (Å²) in [6, 6.07) is 0. The molecule has 1 aliphatic rings. The maximum absolute atomic E-state index is 5.70. The van der Waals surface area contributed by atoms with E-state index in [0.29, 0.717) is 19.0 Å². The average Bonchev–Trinajstić information content (AvgIpc) is 2.60. The number of rotatable bonds is 4. The second kappa shape index (κ2) is 7.11. The van der Waals surface area contributed by atoms with E-state index in [4.69, 9.17) is 10.5 Å². The van der Waals surface area contributed by atoms with Gasteiger partial charge in [-0.15, -0.1) is 24.0 Å². The van der Waals surface area contributed by atoms with Crippen molar-refractivity contribution in [2.24, 2.45) is 10.7 Å². The van der Waals surface area contributed by atoms with Crippen LogP contribution in [0.3, 0.4) is 0 Å². The molecule has 0 aromatic rings. The van der Waals surface area contributed by atoms with Crippen LogP contribution in [0.15, 0.2) is 17.1 Å². The summed E-state index contributed by atoms with van der Waals surface area (Å²) in [7, 11) is 0. The Labute approximate surface area is 115 Å². The summed E-state index contributed by atoms with van der Waals surface area (Å²) in [6.07, 6.45) is 2.18. The molecule has 0 radical (unpaired) electrons. The highest BCUT2D eigenvalue weighted by molar-refractivity contribution is 14.0. The molecule has 0 aromatic heterocycles. The van der Waals surface area contributed by atoms with E-state index >= 15 is 0 Å². The van der Waals surface area contributed by atoms with Gasteiger partial charge in [0.05, 0.1) is 12.1 Å². The van der Waals surface area contributed by atoms with Crippen LogP contribution < -0.4 is 11.1 Å². The summed E-state index contributed by atoms with van der Waals surface area (Å²) in [6.45, 7) is 9.94. The molecule has 1 fully saturated rings. The number of ether oxygens (including phenoxy) is 1. The van der Waals surface area contributed by atoms with Crippen LogP contribution in [0.4, 0.5) is 0 Å². The molecule has 0 spiro atoms. The Morgan fingerprint density at radius 1 is 1.62 bits per heavy atom. The maximum Gasteiger partial charge on any atom is 0.188 e. The number of hydrogen-bond acceptors (Lipinski definition) is 2. The van der Waals surface area contributed by atoms with Gasteiger partial charge in [-0.05, 0) is 26.7 Å². The van der Waals surface area contributed by atoms with Crippen molar-refractivity contribution in [1.29, 1.82) is 0 Å². The highest BCUT2D eigenvalue weighted by Crippen LogP contribution is 2.24. The van der Waals surface area contributed by atoms with Gasteiger partial charge < -0.3 is 15.8 Å². The van der Waals surface area contributed by atoms with Gasteiger partial charge in [-0.2, -0.15) is 0 Å². The summed E-state index contributed by atoms with van der Waals surface area (Å²) in [5.74, 6) is 0.467. The molecular weight excluding hydrogens is 317 g/mol. The van der Waals surface area contributed by atoms with E-state index in [0.717, 1.165) is 25.0 Å². The molecule has 1 atom stereocenters. The first-order valence-corrected chi connectivity index (χ1v) is 5.34. The molecule has 1 aliphatic heterocycles. The van der Waals surface area contributed by atoms with Gasteiger partial charge in [0, 0.05) is 13.2 Å². The quantitative estimate of drug-likeness (QED) is 0.354. The SMILES string of the molecule is C=C(C)CNC(N)=NCC1(C)CCCO1.I. The van der Waals surface area contributed by atoms with Gasteiger partial charge in [0.25, 0.3) is 0 Å². The summed E-state index contributed by atoms with van der Waals surface area (Å²) in [5, 5.41) is 3.00. The molecule has 0 aliphatic carbocycles. The minimum absolute atomic E-state index is 0. The van der Waals surface area contributed by atoms with Gasteiger partial charge >= 0.3 is 0 Å². The highest BCUT2D eigenvalue weighted by Gasteiger charge is 2.29. The molecule has 16 heavy (non-hydrogen) atoms. The zero-order valence-corrected chi connectivity index (χ0v) is 12.4. The van der Waals surface area contributed by atoms with Crippen molar-refractivity contribution in [3.63, 3.8) is 0 Å². The number of nitrogens with zero attached hydrogens (tertiary/aromatic N) is 1. The molecule has 1 heterocycles. The lowest BCUT2D eigenvalue weighted by molar-refractivity contribution is 0.0284. The molecule has 5 heteroatoms. The predicted octanol–water partition coefficient (Wildman–Crippen LogP) is 1.65. The van der Waals surface area contributed by atoms with Gasteiger partial charge in [-0.1, -0.05) is 12.2 Å². The van der Waals surface area contributed by atoms with E-state index < -0.39 is 0 Å². The van der Waals surface area contributed by atoms with Gasteiger partial charge in [-0.3, -0.25) is 4.99 Å². The number of nitrogens with two attached hydrogens (primary N) is 1. The fraction of sp³-hybridized carbons (Fsp3) is 0.727. The first kappa shape index (κ1) is 15.7. The molecular formula is C11H22IN3O. The minimum atomic E-state index is -0.116. The van der Waals surface area contributed by atoms with Crippen LogP contribution in [0.1, 0.15) is 26.7 Å². The highest BCUT2D eigenvalue weighted by atomic mass is 127. The molecule has 1 saturated heterocycles. The largest absolute Gasteiger partial charge is 0.373 e. The minimum Gasteiger partial charge on any atom is -0.373 e. The van der Waals surface area contributed by atoms with Gasteiger partial charge in [0.2, 0.25) is 0 Å². The number of hydrogen-bond donors (Lipinski definition) is 2. The van der Waals surface area contributed by atoms with Crippen LogP contribution in [0, 0.1) is 0 Å². The average molecular weight is 339 g/mol. The fourth-order valence-electron chi connectivity index (χ4n) is 1.51. The van der Waals surface area contributed by atoms with Crippen LogP contribution in [0.2, 0.25) is 0 Å². The molecule has 0 amide bonds. The normalized spacial score (nSPS) is 25.0. The zero-order chi connectivity index (χ0) is 11.3. The summed E-state index contributed by atoms with van der Waals surface area (Å²) in [5.41, 5.74) is 6.62. The van der Waals surface area contributed by atoms with Crippen LogP contribution in [0.5, 0.6) is 0 Å². The Balaban J connectivity index is 0.00000225. The Kier molecular flexibility index (Phi) is 6.98. The van der Waals surface area contributed by atoms with Crippen LogP contribution in [-0.4, -0.2) is 31.3 Å². The standard InChI is InChI=1S/C11H21N3O.HI/c1-9(2)7-13-10(12)14-8-11(3)5-4-6-15-11;/h1,4-8H2,2-3H3,(H3,12,13,14);1H. The summed E-state index contributed by atoms with van der Waals surface area (Å²) < 4.78 is 5.61. The number of guanidine groups is 1. The maximum atomic E-state index is 5.70. The van der Waals surface area contributed by atoms with Crippen molar-refractivity contribution in [3.05, 3.63) is 12.2 Å². The molecule has 4 nitrogen and oxygen atoms in total. The molecule has 1 rings (SSSR count). The van der Waals surface area contributed by atoms with Crippen molar-refractivity contribution >= 4 is 29.9 Å². The molecule has 0 bridgehead atoms. The second-order valence-electron chi connectivity index (χ2n) is 4.41. The Morgan fingerprint density at radius 2 is 2.31 bits per heavy atom. The first-order valence-electron chi connectivity index (χ1n) is 5.34. The third-order valence-electron chi connectivity index (χ3n) is 2.46. The van der Waals surface area contributed by atoms with Crippen molar-refractivity contribution in [2.45, 2.75) is 32.3 Å². The third kappa shape index (κ3) is 5.69. The number of halogens is 1. The molecule has 0 saturated carbocycles. The van der Waals surface area contributed by atoms with E-state index in [1.165, 1.54) is 0 Å². The Bertz CT molecular complexity index is 260. The van der Waals surface area contributed by atoms with E-state index in [-0.39, 0.29) is 29.6 Å². The van der Waals surface area contributed by atoms with Crippen molar-refractivity contribution in [2.75, 3.05) is 19.7 Å². The lowest BCUT2D eigenvalue weighted by atomic mass is 10.0. The smallest absolute Gasteiger partial charge is 0.188 e. The van der Waals surface area contributed by atoms with Crippen molar-refractivity contribution in [1.82, 2.24) is 5.32 Å². The van der Waals surface area contributed by atoms with Crippen LogP contribution in [0.25, 0.3) is 0 Å². The topological polar surface area (TPSA) is 59.6 Å². The third-order valence-corrected chi connectivity index (χ3v) is 2.46. The van der Waals surface area contributed by atoms with E-state index in [2.05, 4.69) is 23.8 Å². The summed E-state index contributed by atoms with van der Waals surface area (Å²) in [4.78, 5) is 4.27. The number of nitrogens with one attached hydrogen (secondary N) is 1. The second-order valence-corrected chi connectivity index (χ2v) is 4.41. The van der Waals surface area contributed by atoms with Gasteiger partial charge in [-0.25, -0.2) is 0 Å². The molecule has 3 N–H and O–H groups in total. The molecule has 0 aromatic carbocycles. The van der Waals surface area contributed by atoms with Crippen LogP contribution >= 0.6 is 24.0 Å². The Hall–Kier alpha value is -0.300. The van der Waals surface area contributed by atoms with E-state index in [1.807, 2.05) is 6.92 Å². The number of aliphatic imine (C=N–C) groups is 1. The lowest BCUT2D eigenvalue weighted by Crippen LogP contribution is -2.35. The Morgan fingerprint density at radius 3 is 2.81 bits per heavy atom. The van der Waals surface area contributed by atoms with Crippen molar-refractivity contribution < 1.29 is 4.74 Å². The van der Waals surface area contributed by atoms with Crippen LogP contribution in [-0.2, 0) is 4.74 Å². The molecule has 94 valence electrons. The summed E-state index contributed by atoms with van der Waals surface area (Å²) >= 11 is 0. The lowest BCUT2D eigenvalue weighted by Gasteiger charge is -2.20. The predicted molar refractivity (Wildman–Crippen MR) is 78.3 cm³/mol.